The van der Waals surface area contributed by atoms with Gasteiger partial charge in [0.25, 0.3) is 0 Å². The van der Waals surface area contributed by atoms with Crippen molar-refractivity contribution < 1.29 is 23.8 Å². The Kier molecular flexibility index (Phi) is 9.36. The van der Waals surface area contributed by atoms with Crippen molar-refractivity contribution in [2.75, 3.05) is 52.3 Å². The van der Waals surface area contributed by atoms with Crippen LogP contribution in [0.5, 0.6) is 11.5 Å². The molecule has 1 atom stereocenters. The van der Waals surface area contributed by atoms with Gasteiger partial charge < -0.3 is 29.4 Å². The van der Waals surface area contributed by atoms with E-state index in [1.165, 1.54) is 18.1 Å². The van der Waals surface area contributed by atoms with Crippen molar-refractivity contribution in [1.29, 1.82) is 0 Å². The lowest BCUT2D eigenvalue weighted by Gasteiger charge is -2.33. The van der Waals surface area contributed by atoms with E-state index >= 15 is 0 Å². The van der Waals surface area contributed by atoms with Crippen LogP contribution in [0.25, 0.3) is 11.2 Å². The number of benzene rings is 1. The quantitative estimate of drug-likeness (QED) is 0.249. The van der Waals surface area contributed by atoms with Crippen molar-refractivity contribution in [3.05, 3.63) is 22.9 Å². The molecule has 2 N–H and O–H groups in total. The molecule has 0 amide bonds. The number of ether oxygens (including phenoxy) is 3. The fraction of sp³-hybridized carbons (Fsp3) is 0.552. The fourth-order valence-corrected chi connectivity index (χ4v) is 7.42. The molecule has 1 aromatic carbocycles. The maximum absolute atomic E-state index is 12.6. The summed E-state index contributed by atoms with van der Waals surface area (Å²) >= 11 is 5.17. The highest BCUT2D eigenvalue weighted by atomic mass is 79.9. The lowest BCUT2D eigenvalue weighted by atomic mass is 9.93. The molecule has 43 heavy (non-hydrogen) atoms. The lowest BCUT2D eigenvalue weighted by Crippen LogP contribution is -2.42. The van der Waals surface area contributed by atoms with E-state index in [-0.39, 0.29) is 18.7 Å². The number of rotatable bonds is 10. The molecule has 0 saturated carbocycles. The highest BCUT2D eigenvalue weighted by Crippen LogP contribution is 2.43. The maximum atomic E-state index is 12.6. The number of hydrogen-bond donors (Lipinski definition) is 1. The molecule has 0 unspecified atom stereocenters. The number of hydrogen-bond acceptors (Lipinski definition) is 12. The minimum atomic E-state index is -0.721. The van der Waals surface area contributed by atoms with Crippen molar-refractivity contribution in [3.63, 3.8) is 0 Å². The standard InChI is InChI=1S/C29H36BrN7O5S/c1-35-7-5-19(6-8-35)28(39)42-20(15-38)14-36-9-2-18(3-10-36)4-11-37-27-25(26(31)32-16-33-27)34-29(37)43-24-13-23-22(12-21(24)30)40-17-41-23/h12-13,15-16,18-20H,2-11,14,17H2,1H3,(H2,31,32,33)/t20-/m0/s1. The number of nitrogens with zero attached hydrogens (tertiary/aromatic N) is 6. The van der Waals surface area contributed by atoms with Gasteiger partial charge in [0.05, 0.1) is 5.92 Å². The van der Waals surface area contributed by atoms with Crippen LogP contribution in [0.4, 0.5) is 5.82 Å². The van der Waals surface area contributed by atoms with E-state index in [1.807, 2.05) is 12.1 Å². The summed E-state index contributed by atoms with van der Waals surface area (Å²) in [6, 6.07) is 3.85. The zero-order valence-electron chi connectivity index (χ0n) is 24.1. The minimum Gasteiger partial charge on any atom is -0.454 e. The zero-order chi connectivity index (χ0) is 29.9. The Morgan fingerprint density at radius 2 is 1.91 bits per heavy atom. The molecule has 5 heterocycles. The fourth-order valence-electron chi connectivity index (χ4n) is 5.91. The van der Waals surface area contributed by atoms with Crippen molar-refractivity contribution in [2.45, 2.75) is 54.8 Å². The molecular weight excluding hydrogens is 638 g/mol. The average Bonchev–Trinajstić information content (AvgIpc) is 3.61. The smallest absolute Gasteiger partial charge is 0.309 e. The summed E-state index contributed by atoms with van der Waals surface area (Å²) in [6.07, 6.45) is 6.03. The van der Waals surface area contributed by atoms with Crippen LogP contribution < -0.4 is 15.2 Å². The van der Waals surface area contributed by atoms with E-state index < -0.39 is 6.10 Å². The highest BCUT2D eigenvalue weighted by molar-refractivity contribution is 9.10. The summed E-state index contributed by atoms with van der Waals surface area (Å²) in [5.41, 5.74) is 7.48. The second kappa shape index (κ2) is 13.4. The molecule has 14 heteroatoms. The summed E-state index contributed by atoms with van der Waals surface area (Å²) in [4.78, 5) is 43.3. The van der Waals surface area contributed by atoms with Gasteiger partial charge in [0.1, 0.15) is 6.33 Å². The van der Waals surface area contributed by atoms with Gasteiger partial charge in [-0.2, -0.15) is 0 Å². The van der Waals surface area contributed by atoms with Crippen LogP contribution in [0.1, 0.15) is 32.1 Å². The monoisotopic (exact) mass is 673 g/mol. The summed E-state index contributed by atoms with van der Waals surface area (Å²) in [5, 5.41) is 0.777. The SMILES string of the molecule is CN1CCC(C(=O)O[C@H](C=O)CN2CCC(CCn3c(Sc4cc5c(cc4Br)OCO5)nc4c(N)ncnc43)CC2)CC1. The molecule has 0 aliphatic carbocycles. The number of imidazole rings is 1. The van der Waals surface area contributed by atoms with Crippen molar-refractivity contribution in [2.24, 2.45) is 11.8 Å². The molecule has 12 nitrogen and oxygen atoms in total. The number of nitrogens with two attached hydrogens (primary N) is 1. The van der Waals surface area contributed by atoms with Crippen LogP contribution in [0.3, 0.4) is 0 Å². The van der Waals surface area contributed by atoms with Crippen molar-refractivity contribution in [1.82, 2.24) is 29.3 Å². The van der Waals surface area contributed by atoms with Crippen LogP contribution in [0.2, 0.25) is 0 Å². The van der Waals surface area contributed by atoms with E-state index in [0.29, 0.717) is 40.9 Å². The van der Waals surface area contributed by atoms with E-state index in [9.17, 15) is 9.59 Å². The second-order valence-electron chi connectivity index (χ2n) is 11.4. The van der Waals surface area contributed by atoms with Crippen molar-refractivity contribution >= 4 is 56.9 Å². The summed E-state index contributed by atoms with van der Waals surface area (Å²) in [5.74, 6) is 1.91. The molecule has 3 aromatic rings. The number of nitrogen functional groups attached to an aromatic ring is 1. The van der Waals surface area contributed by atoms with Gasteiger partial charge in [-0.15, -0.1) is 0 Å². The largest absolute Gasteiger partial charge is 0.454 e. The van der Waals surface area contributed by atoms with Gasteiger partial charge in [0.2, 0.25) is 6.79 Å². The molecule has 2 fully saturated rings. The van der Waals surface area contributed by atoms with Gasteiger partial charge in [-0.25, -0.2) is 15.0 Å². The molecule has 0 bridgehead atoms. The van der Waals surface area contributed by atoms with Gasteiger partial charge in [-0.05, 0) is 99.3 Å². The summed E-state index contributed by atoms with van der Waals surface area (Å²) in [7, 11) is 2.06. The van der Waals surface area contributed by atoms with Gasteiger partial charge in [0, 0.05) is 22.5 Å². The predicted octanol–water partition coefficient (Wildman–Crippen LogP) is 3.61. The Hall–Kier alpha value is -2.94. The second-order valence-corrected chi connectivity index (χ2v) is 13.3. The molecular formula is C29H36BrN7O5S. The molecule has 2 aromatic heterocycles. The minimum absolute atomic E-state index is 0.113. The van der Waals surface area contributed by atoms with E-state index in [0.717, 1.165) is 85.6 Å². The molecule has 3 aliphatic heterocycles. The summed E-state index contributed by atoms with van der Waals surface area (Å²) < 4.78 is 19.7. The van der Waals surface area contributed by atoms with Gasteiger partial charge >= 0.3 is 5.97 Å². The molecule has 2 saturated heterocycles. The van der Waals surface area contributed by atoms with Crippen LogP contribution in [0, 0.1) is 11.8 Å². The Morgan fingerprint density at radius 1 is 1.16 bits per heavy atom. The van der Waals surface area contributed by atoms with E-state index in [1.54, 1.807) is 0 Å². The van der Waals surface area contributed by atoms with E-state index in [2.05, 4.69) is 47.3 Å². The van der Waals surface area contributed by atoms with Crippen LogP contribution >= 0.6 is 27.7 Å². The Morgan fingerprint density at radius 3 is 2.65 bits per heavy atom. The van der Waals surface area contributed by atoms with E-state index in [4.69, 9.17) is 24.9 Å². The van der Waals surface area contributed by atoms with Crippen LogP contribution in [0.15, 0.2) is 33.0 Å². The van der Waals surface area contributed by atoms with Crippen LogP contribution in [-0.2, 0) is 20.9 Å². The Labute approximate surface area is 262 Å². The third-order valence-electron chi connectivity index (χ3n) is 8.53. The Balaban J connectivity index is 1.06. The van der Waals surface area contributed by atoms with Crippen LogP contribution in [-0.4, -0.2) is 94.2 Å². The average molecular weight is 675 g/mol. The molecule has 6 rings (SSSR count). The number of carbonyl (C=O) groups is 2. The normalized spacial score (nSPS) is 19.1. The van der Waals surface area contributed by atoms with Gasteiger partial charge in [-0.1, -0.05) is 11.8 Å². The number of piperidine rings is 2. The zero-order valence-corrected chi connectivity index (χ0v) is 26.5. The number of likely N-dealkylation sites (tertiary alicyclic amines) is 2. The van der Waals surface area contributed by atoms with Gasteiger partial charge in [-0.3, -0.25) is 14.5 Å². The van der Waals surface area contributed by atoms with Gasteiger partial charge in [0.15, 0.2) is 46.0 Å². The number of aryl methyl sites for hydroxylation is 1. The molecule has 0 spiro atoms. The number of esters is 1. The lowest BCUT2D eigenvalue weighted by molar-refractivity contribution is -0.158. The van der Waals surface area contributed by atoms with Crippen molar-refractivity contribution in [3.8, 4) is 11.5 Å². The first-order valence-corrected chi connectivity index (χ1v) is 16.3. The topological polar surface area (TPSA) is 138 Å². The molecule has 0 radical (unpaired) electrons. The predicted molar refractivity (Wildman–Crippen MR) is 164 cm³/mol. The number of aromatic nitrogens is 4. The highest BCUT2D eigenvalue weighted by Gasteiger charge is 2.29. The third-order valence-corrected chi connectivity index (χ3v) is 10.5. The Bertz CT molecular complexity index is 1470. The first kappa shape index (κ1) is 30.1. The number of fused-ring (bicyclic) bond motifs is 2. The number of aldehydes is 1. The summed E-state index contributed by atoms with van der Waals surface area (Å²) in [6.45, 7) is 4.85. The first-order chi connectivity index (χ1) is 20.9. The first-order valence-electron chi connectivity index (χ1n) is 14.7. The number of carbonyl (C=O) groups excluding carboxylic acids is 2. The number of anilines is 1. The molecule has 3 aliphatic rings. The molecule has 230 valence electrons. The number of halogens is 1. The third kappa shape index (κ3) is 6.92. The maximum Gasteiger partial charge on any atom is 0.309 e.